The summed E-state index contributed by atoms with van der Waals surface area (Å²) in [6.45, 7) is 0.402. The van der Waals surface area contributed by atoms with Crippen molar-refractivity contribution in [3.8, 4) is 0 Å². The highest BCUT2D eigenvalue weighted by Gasteiger charge is 2.62. The molecular weight excluding hydrogens is 320 g/mol. The summed E-state index contributed by atoms with van der Waals surface area (Å²) in [6.07, 6.45) is 0.620. The monoisotopic (exact) mass is 336 g/mol. The first-order valence-corrected chi connectivity index (χ1v) is 8.28. The summed E-state index contributed by atoms with van der Waals surface area (Å²) in [5.41, 5.74) is 6.02. The van der Waals surface area contributed by atoms with Crippen LogP contribution in [0.3, 0.4) is 0 Å². The van der Waals surface area contributed by atoms with Crippen molar-refractivity contribution in [1.82, 2.24) is 9.80 Å². The number of nitrogens with two attached hydrogens (primary N) is 1. The fraction of sp³-hybridized carbons (Fsp3) is 0.278. The lowest BCUT2D eigenvalue weighted by Crippen LogP contribution is -2.56. The number of fused-ring (bicyclic) bond motifs is 6. The van der Waals surface area contributed by atoms with Crippen molar-refractivity contribution in [2.45, 2.75) is 24.5 Å². The molecule has 0 saturated carbocycles. The predicted octanol–water partition coefficient (Wildman–Crippen LogP) is 1.51. The van der Waals surface area contributed by atoms with Crippen molar-refractivity contribution in [1.29, 1.82) is 0 Å². The number of piperazine rings is 1. The van der Waals surface area contributed by atoms with Crippen LogP contribution in [-0.2, 0) is 4.79 Å². The Hall–Kier alpha value is -3.09. The molecule has 7 heteroatoms. The summed E-state index contributed by atoms with van der Waals surface area (Å²) in [5.74, 6) is -0.278. The number of rotatable bonds is 1. The molecule has 0 aromatic heterocycles. The number of primary amides is 1. The molecule has 2 bridgehead atoms. The maximum Gasteiger partial charge on any atom is 0.332 e. The molecule has 3 heterocycles. The van der Waals surface area contributed by atoms with E-state index < -0.39 is 12.1 Å². The fourth-order valence-corrected chi connectivity index (χ4v) is 4.54. The van der Waals surface area contributed by atoms with Gasteiger partial charge in [-0.25, -0.2) is 14.5 Å². The van der Waals surface area contributed by atoms with E-state index in [-0.39, 0.29) is 24.0 Å². The van der Waals surface area contributed by atoms with E-state index in [2.05, 4.69) is 0 Å². The van der Waals surface area contributed by atoms with Gasteiger partial charge in [0.2, 0.25) is 0 Å². The van der Waals surface area contributed by atoms with Crippen LogP contribution in [0.1, 0.15) is 6.42 Å². The third-order valence-electron chi connectivity index (χ3n) is 5.56. The van der Waals surface area contributed by atoms with Crippen LogP contribution in [-0.4, -0.2) is 52.4 Å². The minimum absolute atomic E-state index is 0.140. The minimum Gasteiger partial charge on any atom is -0.351 e. The highest BCUT2D eigenvalue weighted by Crippen LogP contribution is 2.43. The molecule has 0 spiro atoms. The molecule has 2 aromatic rings. The molecule has 3 unspecified atom stereocenters. The first kappa shape index (κ1) is 14.3. The molecule has 3 saturated heterocycles. The number of hydrogen-bond donors (Lipinski definition) is 1. The summed E-state index contributed by atoms with van der Waals surface area (Å²) >= 11 is 0. The van der Waals surface area contributed by atoms with Gasteiger partial charge in [-0.2, -0.15) is 0 Å². The smallest absolute Gasteiger partial charge is 0.332 e. The molecule has 3 aliphatic rings. The van der Waals surface area contributed by atoms with Crippen LogP contribution in [0, 0.1) is 0 Å². The first-order chi connectivity index (χ1) is 12.1. The zero-order valence-electron chi connectivity index (χ0n) is 13.3. The summed E-state index contributed by atoms with van der Waals surface area (Å²) in [7, 11) is 0. The number of nitrogens with zero attached hydrogens (tertiary/aromatic N) is 3. The molecular formula is C18H16N4O3. The molecule has 0 aliphatic carbocycles. The van der Waals surface area contributed by atoms with E-state index in [9.17, 15) is 14.4 Å². The molecule has 126 valence electrons. The Morgan fingerprint density at radius 1 is 1.08 bits per heavy atom. The third kappa shape index (κ3) is 1.72. The van der Waals surface area contributed by atoms with E-state index in [1.807, 2.05) is 36.4 Å². The third-order valence-corrected chi connectivity index (χ3v) is 5.56. The summed E-state index contributed by atoms with van der Waals surface area (Å²) in [5, 5.41) is 1.82. The number of carbonyl (C=O) groups is 3. The topological polar surface area (TPSA) is 87.0 Å². The van der Waals surface area contributed by atoms with E-state index in [1.54, 1.807) is 11.0 Å². The van der Waals surface area contributed by atoms with Crippen molar-refractivity contribution in [3.05, 3.63) is 42.5 Å². The quantitative estimate of drug-likeness (QED) is 0.801. The number of hydrogen-bond acceptors (Lipinski definition) is 3. The maximum atomic E-state index is 13.1. The van der Waals surface area contributed by atoms with Crippen molar-refractivity contribution >= 4 is 34.4 Å². The first-order valence-electron chi connectivity index (χ1n) is 8.28. The van der Waals surface area contributed by atoms with Crippen LogP contribution in [0.4, 0.5) is 15.3 Å². The van der Waals surface area contributed by atoms with Gasteiger partial charge >= 0.3 is 12.1 Å². The highest BCUT2D eigenvalue weighted by atomic mass is 16.2. The molecule has 3 atom stereocenters. The molecule has 25 heavy (non-hydrogen) atoms. The van der Waals surface area contributed by atoms with Gasteiger partial charge in [0.1, 0.15) is 6.04 Å². The largest absolute Gasteiger partial charge is 0.351 e. The average Bonchev–Trinajstić information content (AvgIpc) is 3.26. The van der Waals surface area contributed by atoms with Gasteiger partial charge < -0.3 is 15.5 Å². The standard InChI is InChI=1S/C18H16N4O3/c19-17(24)20-9-11-8-14(20)15-16(23)22(18(25)21(11)15)13-7-3-5-10-4-1-2-6-12(10)13/h1-7,11,14-15H,8-9H2,(H2,19,24). The van der Waals surface area contributed by atoms with Gasteiger partial charge in [0.05, 0.1) is 17.8 Å². The molecule has 5 rings (SSSR count). The Morgan fingerprint density at radius 2 is 1.84 bits per heavy atom. The van der Waals surface area contributed by atoms with Gasteiger partial charge in [-0.3, -0.25) is 4.79 Å². The Morgan fingerprint density at radius 3 is 2.64 bits per heavy atom. The van der Waals surface area contributed by atoms with Crippen LogP contribution in [0.2, 0.25) is 0 Å². The van der Waals surface area contributed by atoms with Crippen molar-refractivity contribution < 1.29 is 14.4 Å². The lowest BCUT2D eigenvalue weighted by atomic mass is 10.1. The number of carbonyl (C=O) groups excluding carboxylic acids is 3. The van der Waals surface area contributed by atoms with Gasteiger partial charge in [-0.1, -0.05) is 36.4 Å². The van der Waals surface area contributed by atoms with Crippen LogP contribution >= 0.6 is 0 Å². The van der Waals surface area contributed by atoms with Crippen molar-refractivity contribution in [2.75, 3.05) is 11.4 Å². The van der Waals surface area contributed by atoms with Crippen molar-refractivity contribution in [2.24, 2.45) is 5.73 Å². The molecule has 3 aliphatic heterocycles. The SMILES string of the molecule is NC(=O)N1CC2CC1C1C(=O)N(c3cccc4ccccc34)C(=O)N21. The van der Waals surface area contributed by atoms with E-state index >= 15 is 0 Å². The predicted molar refractivity (Wildman–Crippen MR) is 90.9 cm³/mol. The van der Waals surface area contributed by atoms with E-state index in [0.717, 1.165) is 10.8 Å². The summed E-state index contributed by atoms with van der Waals surface area (Å²) in [6, 6.07) is 11.3. The zero-order valence-corrected chi connectivity index (χ0v) is 13.3. The number of anilines is 1. The van der Waals surface area contributed by atoms with Crippen LogP contribution < -0.4 is 10.6 Å². The Balaban J connectivity index is 1.60. The number of urea groups is 2. The molecule has 0 radical (unpaired) electrons. The van der Waals surface area contributed by atoms with Crippen LogP contribution in [0.25, 0.3) is 10.8 Å². The molecule has 2 aromatic carbocycles. The van der Waals surface area contributed by atoms with E-state index in [0.29, 0.717) is 18.7 Å². The number of amides is 5. The highest BCUT2D eigenvalue weighted by molar-refractivity contribution is 6.25. The molecule has 7 nitrogen and oxygen atoms in total. The number of benzene rings is 2. The Bertz CT molecular complexity index is 938. The fourth-order valence-electron chi connectivity index (χ4n) is 4.54. The normalized spacial score (nSPS) is 27.5. The zero-order chi connectivity index (χ0) is 17.3. The number of imide groups is 1. The lowest BCUT2D eigenvalue weighted by molar-refractivity contribution is -0.120. The van der Waals surface area contributed by atoms with Gasteiger partial charge in [0, 0.05) is 11.9 Å². The van der Waals surface area contributed by atoms with Gasteiger partial charge in [0.15, 0.2) is 0 Å². The lowest BCUT2D eigenvalue weighted by Gasteiger charge is -2.33. The second kappa shape index (κ2) is 4.72. The summed E-state index contributed by atoms with van der Waals surface area (Å²) in [4.78, 5) is 42.1. The van der Waals surface area contributed by atoms with E-state index in [1.165, 1.54) is 9.80 Å². The van der Waals surface area contributed by atoms with Gasteiger partial charge in [-0.05, 0) is 17.9 Å². The second-order valence-electron chi connectivity index (χ2n) is 6.75. The molecule has 3 fully saturated rings. The minimum atomic E-state index is -0.627. The van der Waals surface area contributed by atoms with Gasteiger partial charge in [-0.15, -0.1) is 0 Å². The molecule has 5 amide bonds. The Kier molecular flexibility index (Phi) is 2.69. The Labute approximate surface area is 143 Å². The van der Waals surface area contributed by atoms with Crippen molar-refractivity contribution in [3.63, 3.8) is 0 Å². The summed E-state index contributed by atoms with van der Waals surface area (Å²) < 4.78 is 0. The second-order valence-corrected chi connectivity index (χ2v) is 6.75. The number of likely N-dealkylation sites (tertiary alicyclic amines) is 1. The van der Waals surface area contributed by atoms with E-state index in [4.69, 9.17) is 5.73 Å². The molecule has 2 N–H and O–H groups in total. The van der Waals surface area contributed by atoms with Crippen LogP contribution in [0.15, 0.2) is 42.5 Å². The van der Waals surface area contributed by atoms with Gasteiger partial charge in [0.25, 0.3) is 5.91 Å². The maximum absolute atomic E-state index is 13.1. The average molecular weight is 336 g/mol. The van der Waals surface area contributed by atoms with Crippen LogP contribution in [0.5, 0.6) is 0 Å².